The summed E-state index contributed by atoms with van der Waals surface area (Å²) in [7, 11) is 0. The number of hydrogen-bond acceptors (Lipinski definition) is 3. The van der Waals surface area contributed by atoms with Crippen molar-refractivity contribution >= 4 is 5.69 Å². The lowest BCUT2D eigenvalue weighted by atomic mass is 10.3. The Bertz CT molecular complexity index is 427. The highest BCUT2D eigenvalue weighted by Gasteiger charge is 2.06. The zero-order valence-electron chi connectivity index (χ0n) is 7.94. The van der Waals surface area contributed by atoms with Crippen LogP contribution in [-0.2, 0) is 4.74 Å². The Morgan fingerprint density at radius 1 is 1.40 bits per heavy atom. The van der Waals surface area contributed by atoms with Crippen LogP contribution in [0.25, 0.3) is 0 Å². The van der Waals surface area contributed by atoms with E-state index >= 15 is 0 Å². The average molecular weight is 207 g/mol. The first-order chi connectivity index (χ1) is 7.25. The molecule has 78 valence electrons. The Balaban J connectivity index is 2.17. The number of nitrogens with two attached hydrogens (primary N) is 1. The molecule has 0 spiro atoms. The molecule has 0 saturated heterocycles. The minimum absolute atomic E-state index is 0.155. The van der Waals surface area contributed by atoms with E-state index in [2.05, 4.69) is 0 Å². The summed E-state index contributed by atoms with van der Waals surface area (Å²) in [5.41, 5.74) is 5.79. The number of halogens is 1. The summed E-state index contributed by atoms with van der Waals surface area (Å²) >= 11 is 0. The molecule has 1 aliphatic rings. The summed E-state index contributed by atoms with van der Waals surface area (Å²) in [6, 6.07) is 4.30. The smallest absolute Gasteiger partial charge is 0.167 e. The van der Waals surface area contributed by atoms with Gasteiger partial charge in [-0.15, -0.1) is 0 Å². The second-order valence-corrected chi connectivity index (χ2v) is 3.03. The van der Waals surface area contributed by atoms with Crippen molar-refractivity contribution in [2.45, 2.75) is 0 Å². The zero-order valence-corrected chi connectivity index (χ0v) is 7.94. The van der Waals surface area contributed by atoms with Crippen LogP contribution in [0.3, 0.4) is 0 Å². The maximum absolute atomic E-state index is 13.3. The molecule has 1 aliphatic heterocycles. The Labute approximate surface area is 86.6 Å². The second kappa shape index (κ2) is 4.04. The molecule has 0 bridgehead atoms. The van der Waals surface area contributed by atoms with E-state index in [1.54, 1.807) is 18.2 Å². The largest absolute Gasteiger partial charge is 0.497 e. The molecule has 1 aromatic carbocycles. The predicted molar refractivity (Wildman–Crippen MR) is 54.6 cm³/mol. The van der Waals surface area contributed by atoms with Crippen LogP contribution in [0.2, 0.25) is 0 Å². The molecule has 1 heterocycles. The number of hydrogen-bond donors (Lipinski definition) is 1. The quantitative estimate of drug-likeness (QED) is 0.756. The Morgan fingerprint density at radius 3 is 2.93 bits per heavy atom. The monoisotopic (exact) mass is 207 g/mol. The summed E-state index contributed by atoms with van der Waals surface area (Å²) in [4.78, 5) is 0. The van der Waals surface area contributed by atoms with E-state index in [1.807, 2.05) is 0 Å². The van der Waals surface area contributed by atoms with Crippen LogP contribution in [0.15, 0.2) is 42.4 Å². The fraction of sp³-hybridized carbons (Fsp3) is 0.0909. The average Bonchev–Trinajstić information content (AvgIpc) is 2.24. The van der Waals surface area contributed by atoms with Crippen molar-refractivity contribution in [2.24, 2.45) is 0 Å². The molecule has 2 N–H and O–H groups in total. The van der Waals surface area contributed by atoms with Gasteiger partial charge in [0, 0.05) is 17.8 Å². The summed E-state index contributed by atoms with van der Waals surface area (Å²) < 4.78 is 23.6. The molecule has 0 radical (unpaired) electrons. The van der Waals surface area contributed by atoms with Gasteiger partial charge in [-0.25, -0.2) is 4.39 Å². The molecule has 3 nitrogen and oxygen atoms in total. The van der Waals surface area contributed by atoms with Gasteiger partial charge in [-0.3, -0.25) is 0 Å². The molecular formula is C11H10FNO2. The van der Waals surface area contributed by atoms with Gasteiger partial charge in [-0.1, -0.05) is 0 Å². The third-order valence-corrected chi connectivity index (χ3v) is 1.89. The van der Waals surface area contributed by atoms with E-state index in [-0.39, 0.29) is 5.75 Å². The molecule has 15 heavy (non-hydrogen) atoms. The fourth-order valence-electron chi connectivity index (χ4n) is 1.17. The summed E-state index contributed by atoms with van der Waals surface area (Å²) in [6.07, 6.45) is 4.85. The summed E-state index contributed by atoms with van der Waals surface area (Å²) in [5.74, 6) is 0.239. The molecule has 0 saturated carbocycles. The first-order valence-corrected chi connectivity index (χ1v) is 4.47. The van der Waals surface area contributed by atoms with Crippen molar-refractivity contribution < 1.29 is 13.9 Å². The molecule has 2 rings (SSSR count). The van der Waals surface area contributed by atoms with Gasteiger partial charge in [0.15, 0.2) is 11.6 Å². The van der Waals surface area contributed by atoms with Crippen molar-refractivity contribution in [1.29, 1.82) is 0 Å². The van der Waals surface area contributed by atoms with Crippen LogP contribution in [0, 0.1) is 5.82 Å². The van der Waals surface area contributed by atoms with Gasteiger partial charge in [0.2, 0.25) is 0 Å². The van der Waals surface area contributed by atoms with E-state index in [0.717, 1.165) is 0 Å². The number of benzene rings is 1. The van der Waals surface area contributed by atoms with E-state index in [4.69, 9.17) is 15.2 Å². The van der Waals surface area contributed by atoms with Crippen LogP contribution >= 0.6 is 0 Å². The Hall–Kier alpha value is -1.97. The predicted octanol–water partition coefficient (Wildman–Crippen LogP) is 2.21. The minimum Gasteiger partial charge on any atom is -0.497 e. The first kappa shape index (κ1) is 9.58. The van der Waals surface area contributed by atoms with Gasteiger partial charge in [-0.2, -0.15) is 0 Å². The molecule has 0 unspecified atom stereocenters. The maximum Gasteiger partial charge on any atom is 0.167 e. The highest BCUT2D eigenvalue weighted by atomic mass is 19.1. The lowest BCUT2D eigenvalue weighted by molar-refractivity contribution is 0.272. The molecule has 0 amide bonds. The van der Waals surface area contributed by atoms with E-state index in [0.29, 0.717) is 18.1 Å². The summed E-state index contributed by atoms with van der Waals surface area (Å²) in [6.45, 7) is 0.433. The topological polar surface area (TPSA) is 44.5 Å². The van der Waals surface area contributed by atoms with Crippen LogP contribution < -0.4 is 10.5 Å². The molecule has 1 aromatic rings. The molecule has 0 aromatic heterocycles. The third-order valence-electron chi connectivity index (χ3n) is 1.89. The van der Waals surface area contributed by atoms with Gasteiger partial charge in [0.25, 0.3) is 0 Å². The highest BCUT2D eigenvalue weighted by Crippen LogP contribution is 2.22. The highest BCUT2D eigenvalue weighted by molar-refractivity contribution is 5.43. The molecule has 0 fully saturated rings. The normalized spacial score (nSPS) is 14.3. The van der Waals surface area contributed by atoms with Crippen LogP contribution in [0.4, 0.5) is 10.1 Å². The van der Waals surface area contributed by atoms with Crippen molar-refractivity contribution in [1.82, 2.24) is 0 Å². The van der Waals surface area contributed by atoms with Gasteiger partial charge >= 0.3 is 0 Å². The van der Waals surface area contributed by atoms with Gasteiger partial charge < -0.3 is 15.2 Å². The number of nitrogen functional groups attached to an aromatic ring is 1. The standard InChI is InChI=1S/C11H10FNO2/c12-10-7-8(13)1-2-11(10)15-9-3-5-14-6-4-9/h1-5,7H,6,13H2. The first-order valence-electron chi connectivity index (χ1n) is 4.47. The van der Waals surface area contributed by atoms with Crippen molar-refractivity contribution in [3.05, 3.63) is 48.2 Å². The van der Waals surface area contributed by atoms with E-state index in [9.17, 15) is 4.39 Å². The molecule has 0 atom stereocenters. The number of ether oxygens (including phenoxy) is 2. The van der Waals surface area contributed by atoms with Crippen molar-refractivity contribution in [3.63, 3.8) is 0 Å². The van der Waals surface area contributed by atoms with E-state index in [1.165, 1.54) is 18.4 Å². The van der Waals surface area contributed by atoms with Crippen LogP contribution in [0.1, 0.15) is 0 Å². The summed E-state index contributed by atoms with van der Waals surface area (Å²) in [5, 5.41) is 0. The van der Waals surface area contributed by atoms with Gasteiger partial charge in [-0.05, 0) is 18.2 Å². The fourth-order valence-corrected chi connectivity index (χ4v) is 1.17. The van der Waals surface area contributed by atoms with Crippen LogP contribution in [0.5, 0.6) is 5.75 Å². The second-order valence-electron chi connectivity index (χ2n) is 3.03. The number of rotatable bonds is 2. The Morgan fingerprint density at radius 2 is 2.27 bits per heavy atom. The van der Waals surface area contributed by atoms with Crippen LogP contribution in [-0.4, -0.2) is 6.61 Å². The SMILES string of the molecule is Nc1ccc(OC2=CCOC=C2)c(F)c1. The Kier molecular flexibility index (Phi) is 2.58. The third kappa shape index (κ3) is 2.28. The number of anilines is 1. The van der Waals surface area contributed by atoms with Gasteiger partial charge in [0.05, 0.1) is 6.26 Å². The minimum atomic E-state index is -0.476. The zero-order chi connectivity index (χ0) is 10.7. The molecule has 4 heteroatoms. The molecule has 0 aliphatic carbocycles. The van der Waals surface area contributed by atoms with Crippen molar-refractivity contribution in [3.8, 4) is 5.75 Å². The van der Waals surface area contributed by atoms with Gasteiger partial charge in [0.1, 0.15) is 12.4 Å². The lowest BCUT2D eigenvalue weighted by Crippen LogP contribution is -2.01. The maximum atomic E-state index is 13.3. The molecular weight excluding hydrogens is 197 g/mol. The van der Waals surface area contributed by atoms with E-state index < -0.39 is 5.82 Å². The lowest BCUT2D eigenvalue weighted by Gasteiger charge is -2.10. The number of allylic oxidation sites excluding steroid dienone is 1. The van der Waals surface area contributed by atoms with Crippen molar-refractivity contribution in [2.75, 3.05) is 12.3 Å².